The molecule has 6 heteroatoms. The summed E-state index contributed by atoms with van der Waals surface area (Å²) in [7, 11) is 0. The first kappa shape index (κ1) is 20.8. The minimum Gasteiger partial charge on any atom is -0.489 e. The smallest absolute Gasteiger partial charge is 0.258 e. The first-order chi connectivity index (χ1) is 15.1. The van der Waals surface area contributed by atoms with Crippen molar-refractivity contribution in [3.8, 4) is 11.4 Å². The second kappa shape index (κ2) is 9.53. The quantitative estimate of drug-likeness (QED) is 0.436. The fourth-order valence-corrected chi connectivity index (χ4v) is 3.35. The van der Waals surface area contributed by atoms with E-state index in [4.69, 9.17) is 9.72 Å². The number of benzene rings is 2. The van der Waals surface area contributed by atoms with E-state index in [1.54, 1.807) is 29.0 Å². The zero-order chi connectivity index (χ0) is 21.6. The average Bonchev–Trinajstić information content (AvgIpc) is 2.79. The molecule has 0 bridgehead atoms. The second-order valence-corrected chi connectivity index (χ2v) is 7.27. The molecule has 5 nitrogen and oxygen atoms in total. The van der Waals surface area contributed by atoms with E-state index in [0.29, 0.717) is 5.75 Å². The van der Waals surface area contributed by atoms with Crippen LogP contribution in [0.4, 0.5) is 4.39 Å². The van der Waals surface area contributed by atoms with Crippen LogP contribution in [0.2, 0.25) is 0 Å². The SMILES string of the molecule is CCNCCc1ccc2cc(-n3ccc(OCc4ccc(F)cc4)cc3=O)ccc2n1. The summed E-state index contributed by atoms with van der Waals surface area (Å²) in [5.74, 6) is 0.181. The maximum Gasteiger partial charge on any atom is 0.258 e. The third-order valence-corrected chi connectivity index (χ3v) is 5.03. The van der Waals surface area contributed by atoms with Gasteiger partial charge in [-0.2, -0.15) is 0 Å². The van der Waals surface area contributed by atoms with Crippen LogP contribution in [-0.4, -0.2) is 22.6 Å². The molecule has 0 spiro atoms. The maximum atomic E-state index is 13.0. The third-order valence-electron chi connectivity index (χ3n) is 5.03. The number of fused-ring (bicyclic) bond motifs is 1. The Hall–Kier alpha value is -3.51. The van der Waals surface area contributed by atoms with Gasteiger partial charge in [0, 0.05) is 42.0 Å². The van der Waals surface area contributed by atoms with Crippen molar-refractivity contribution < 1.29 is 9.13 Å². The number of rotatable bonds is 8. The molecule has 0 radical (unpaired) electrons. The van der Waals surface area contributed by atoms with Gasteiger partial charge < -0.3 is 10.1 Å². The summed E-state index contributed by atoms with van der Waals surface area (Å²) >= 11 is 0. The van der Waals surface area contributed by atoms with E-state index in [2.05, 4.69) is 12.2 Å². The lowest BCUT2D eigenvalue weighted by Gasteiger charge is -2.10. The summed E-state index contributed by atoms with van der Waals surface area (Å²) in [6, 6.07) is 19.1. The Morgan fingerprint density at radius 3 is 2.65 bits per heavy atom. The zero-order valence-corrected chi connectivity index (χ0v) is 17.3. The number of aromatic nitrogens is 2. The van der Waals surface area contributed by atoms with Crippen LogP contribution in [-0.2, 0) is 13.0 Å². The highest BCUT2D eigenvalue weighted by Crippen LogP contribution is 2.18. The van der Waals surface area contributed by atoms with Crippen LogP contribution in [0, 0.1) is 5.82 Å². The lowest BCUT2D eigenvalue weighted by atomic mass is 10.1. The van der Waals surface area contributed by atoms with Crippen LogP contribution in [0.15, 0.2) is 77.7 Å². The third kappa shape index (κ3) is 5.16. The van der Waals surface area contributed by atoms with Crippen molar-refractivity contribution in [3.05, 3.63) is 100 Å². The van der Waals surface area contributed by atoms with E-state index < -0.39 is 0 Å². The Kier molecular flexibility index (Phi) is 6.38. The van der Waals surface area contributed by atoms with Gasteiger partial charge in [0.1, 0.15) is 18.2 Å². The molecule has 31 heavy (non-hydrogen) atoms. The monoisotopic (exact) mass is 417 g/mol. The molecular weight excluding hydrogens is 393 g/mol. The molecule has 0 saturated carbocycles. The highest BCUT2D eigenvalue weighted by molar-refractivity contribution is 5.81. The number of ether oxygens (including phenoxy) is 1. The van der Waals surface area contributed by atoms with Crippen molar-refractivity contribution in [2.24, 2.45) is 0 Å². The van der Waals surface area contributed by atoms with Gasteiger partial charge in [-0.1, -0.05) is 25.1 Å². The van der Waals surface area contributed by atoms with Gasteiger partial charge in [0.05, 0.1) is 5.52 Å². The van der Waals surface area contributed by atoms with Crippen LogP contribution in [0.1, 0.15) is 18.2 Å². The molecule has 0 unspecified atom stereocenters. The molecule has 0 aliphatic carbocycles. The van der Waals surface area contributed by atoms with E-state index in [-0.39, 0.29) is 18.0 Å². The van der Waals surface area contributed by atoms with Crippen LogP contribution >= 0.6 is 0 Å². The van der Waals surface area contributed by atoms with Crippen LogP contribution in [0.5, 0.6) is 5.75 Å². The summed E-state index contributed by atoms with van der Waals surface area (Å²) in [4.78, 5) is 17.4. The topological polar surface area (TPSA) is 56.2 Å². The molecule has 0 aliphatic heterocycles. The summed E-state index contributed by atoms with van der Waals surface area (Å²) < 4.78 is 20.2. The molecule has 0 aliphatic rings. The van der Waals surface area contributed by atoms with Gasteiger partial charge in [-0.25, -0.2) is 4.39 Å². The minimum absolute atomic E-state index is 0.189. The van der Waals surface area contributed by atoms with E-state index in [1.165, 1.54) is 18.2 Å². The van der Waals surface area contributed by atoms with E-state index in [1.807, 2.05) is 30.3 Å². The van der Waals surface area contributed by atoms with E-state index in [0.717, 1.165) is 47.4 Å². The van der Waals surface area contributed by atoms with E-state index >= 15 is 0 Å². The molecule has 158 valence electrons. The lowest BCUT2D eigenvalue weighted by molar-refractivity contribution is 0.305. The van der Waals surface area contributed by atoms with Gasteiger partial charge in [0.15, 0.2) is 0 Å². The molecule has 2 aromatic heterocycles. The average molecular weight is 417 g/mol. The Bertz CT molecular complexity index is 1240. The minimum atomic E-state index is -0.290. The molecule has 1 N–H and O–H groups in total. The van der Waals surface area contributed by atoms with Gasteiger partial charge in [0.2, 0.25) is 0 Å². The Morgan fingerprint density at radius 2 is 1.87 bits per heavy atom. The summed E-state index contributed by atoms with van der Waals surface area (Å²) in [6.07, 6.45) is 2.58. The van der Waals surface area contributed by atoms with Crippen molar-refractivity contribution >= 4 is 10.9 Å². The molecule has 2 aromatic carbocycles. The Balaban J connectivity index is 1.49. The molecule has 0 amide bonds. The van der Waals surface area contributed by atoms with Crippen LogP contribution in [0.25, 0.3) is 16.6 Å². The standard InChI is InChI=1S/C25H24FN3O2/c1-2-27-13-11-21-8-5-19-15-22(9-10-24(19)28-21)29-14-12-23(16-25(29)30)31-17-18-3-6-20(26)7-4-18/h3-10,12,14-16,27H,2,11,13,17H2,1H3. The van der Waals surface area contributed by atoms with E-state index in [9.17, 15) is 9.18 Å². The molecule has 2 heterocycles. The number of hydrogen-bond donors (Lipinski definition) is 1. The highest BCUT2D eigenvalue weighted by Gasteiger charge is 2.06. The van der Waals surface area contributed by atoms with Crippen molar-refractivity contribution in [2.75, 3.05) is 13.1 Å². The maximum absolute atomic E-state index is 13.0. The Morgan fingerprint density at radius 1 is 1.03 bits per heavy atom. The largest absolute Gasteiger partial charge is 0.489 e. The molecule has 0 atom stereocenters. The predicted octanol–water partition coefficient (Wildman–Crippen LogP) is 4.26. The van der Waals surface area contributed by atoms with Crippen molar-refractivity contribution in [1.82, 2.24) is 14.9 Å². The van der Waals surface area contributed by atoms with Gasteiger partial charge in [-0.05, 0) is 54.6 Å². The molecule has 0 fully saturated rings. The molecule has 0 saturated heterocycles. The number of hydrogen-bond acceptors (Lipinski definition) is 4. The number of nitrogens with zero attached hydrogens (tertiary/aromatic N) is 2. The van der Waals surface area contributed by atoms with Crippen molar-refractivity contribution in [2.45, 2.75) is 20.0 Å². The van der Waals surface area contributed by atoms with Gasteiger partial charge in [-0.15, -0.1) is 0 Å². The normalized spacial score (nSPS) is 11.0. The second-order valence-electron chi connectivity index (χ2n) is 7.27. The fraction of sp³-hybridized carbons (Fsp3) is 0.200. The summed E-state index contributed by atoms with van der Waals surface area (Å²) in [5, 5.41) is 4.28. The first-order valence-corrected chi connectivity index (χ1v) is 10.3. The predicted molar refractivity (Wildman–Crippen MR) is 120 cm³/mol. The van der Waals surface area contributed by atoms with Gasteiger partial charge >= 0.3 is 0 Å². The highest BCUT2D eigenvalue weighted by atomic mass is 19.1. The lowest BCUT2D eigenvalue weighted by Crippen LogP contribution is -2.17. The summed E-state index contributed by atoms with van der Waals surface area (Å²) in [6.45, 7) is 4.20. The molecule has 4 rings (SSSR count). The number of halogens is 1. The number of pyridine rings is 2. The van der Waals surface area contributed by atoms with Crippen molar-refractivity contribution in [1.29, 1.82) is 0 Å². The van der Waals surface area contributed by atoms with Gasteiger partial charge in [0.25, 0.3) is 5.56 Å². The number of likely N-dealkylation sites (N-methyl/N-ethyl adjacent to an activating group) is 1. The fourth-order valence-electron chi connectivity index (χ4n) is 3.35. The molecular formula is C25H24FN3O2. The Labute approximate surface area is 180 Å². The molecule has 4 aromatic rings. The van der Waals surface area contributed by atoms with Crippen LogP contribution in [0.3, 0.4) is 0 Å². The summed E-state index contributed by atoms with van der Waals surface area (Å²) in [5.41, 5.74) is 3.36. The van der Waals surface area contributed by atoms with Crippen molar-refractivity contribution in [3.63, 3.8) is 0 Å². The van der Waals surface area contributed by atoms with Crippen LogP contribution < -0.4 is 15.6 Å². The zero-order valence-electron chi connectivity index (χ0n) is 17.3. The van der Waals surface area contributed by atoms with Gasteiger partial charge in [-0.3, -0.25) is 14.3 Å². The number of nitrogens with one attached hydrogen (secondary N) is 1. The first-order valence-electron chi connectivity index (χ1n) is 10.3.